The van der Waals surface area contributed by atoms with Crippen LogP contribution in [0.3, 0.4) is 0 Å². The van der Waals surface area contributed by atoms with E-state index in [1.165, 1.54) is 12.1 Å². The van der Waals surface area contributed by atoms with Crippen molar-refractivity contribution < 1.29 is 24.0 Å². The molecule has 1 fully saturated rings. The summed E-state index contributed by atoms with van der Waals surface area (Å²) in [6, 6.07) is 15.1. The Morgan fingerprint density at radius 3 is 2.38 bits per heavy atom. The van der Waals surface area contributed by atoms with Gasteiger partial charge >= 0.3 is 0 Å². The molecule has 39 heavy (non-hydrogen) atoms. The highest BCUT2D eigenvalue weighted by molar-refractivity contribution is 9.10. The summed E-state index contributed by atoms with van der Waals surface area (Å²) in [5, 5.41) is 13.1. The molecule has 3 aromatic rings. The van der Waals surface area contributed by atoms with Crippen LogP contribution in [0.4, 0.5) is 16.2 Å². The molecule has 0 spiro atoms. The third-order valence-corrected chi connectivity index (χ3v) is 7.32. The summed E-state index contributed by atoms with van der Waals surface area (Å²) in [7, 11) is 0. The molecule has 4 rings (SSSR count). The number of nitrogens with zero attached hydrogens (tertiary/aromatic N) is 2. The van der Waals surface area contributed by atoms with Crippen LogP contribution >= 0.6 is 27.7 Å². The van der Waals surface area contributed by atoms with Crippen molar-refractivity contribution in [1.82, 2.24) is 4.90 Å². The molecule has 3 aromatic carbocycles. The highest BCUT2D eigenvalue weighted by Crippen LogP contribution is 2.35. The van der Waals surface area contributed by atoms with Gasteiger partial charge in [0.2, 0.25) is 5.91 Å². The number of carbonyl (C=O) groups excluding carboxylic acids is 3. The van der Waals surface area contributed by atoms with Gasteiger partial charge in [-0.3, -0.25) is 29.4 Å². The molecule has 0 unspecified atom stereocenters. The lowest BCUT2D eigenvalue weighted by atomic mass is 10.1. The number of nitro groups is 1. The van der Waals surface area contributed by atoms with Crippen LogP contribution in [0.15, 0.2) is 64.0 Å². The first kappa shape index (κ1) is 28.1. The van der Waals surface area contributed by atoms with E-state index in [9.17, 15) is 24.5 Å². The maximum absolute atomic E-state index is 13.1. The molecule has 1 saturated heterocycles. The number of ether oxygens (including phenoxy) is 1. The van der Waals surface area contributed by atoms with Gasteiger partial charge < -0.3 is 10.1 Å². The monoisotopic (exact) mass is 609 g/mol. The van der Waals surface area contributed by atoms with Crippen LogP contribution in [-0.4, -0.2) is 33.4 Å². The maximum atomic E-state index is 13.1. The number of anilines is 1. The molecule has 0 radical (unpaired) electrons. The molecule has 0 saturated carbocycles. The van der Waals surface area contributed by atoms with Gasteiger partial charge in [0, 0.05) is 27.9 Å². The van der Waals surface area contributed by atoms with Crippen LogP contribution in [0.1, 0.15) is 27.8 Å². The summed E-state index contributed by atoms with van der Waals surface area (Å²) >= 11 is 4.16. The van der Waals surface area contributed by atoms with Crippen molar-refractivity contribution in [2.75, 3.05) is 11.9 Å². The number of hydrogen-bond donors (Lipinski definition) is 1. The highest BCUT2D eigenvalue weighted by Gasteiger charge is 2.36. The predicted molar refractivity (Wildman–Crippen MR) is 154 cm³/mol. The normalized spacial score (nSPS) is 14.2. The fraction of sp³-hybridized carbons (Fsp3) is 0.179. The summed E-state index contributed by atoms with van der Waals surface area (Å²) in [6.07, 6.45) is 1.55. The van der Waals surface area contributed by atoms with Crippen LogP contribution in [-0.2, 0) is 16.2 Å². The van der Waals surface area contributed by atoms with E-state index in [1.807, 2.05) is 32.9 Å². The van der Waals surface area contributed by atoms with Gasteiger partial charge in [0.15, 0.2) is 0 Å². The SMILES string of the molecule is Cc1cc(C)c(NC(=O)CN2C(=O)S/C(=C\c3cc(Br)ccc3OCc3ccc([N+](=O)[O-])cc3)C2=O)c(C)c1. The first-order valence-electron chi connectivity index (χ1n) is 11.8. The number of imide groups is 1. The molecule has 1 heterocycles. The average Bonchev–Trinajstić information content (AvgIpc) is 3.13. The zero-order valence-electron chi connectivity index (χ0n) is 21.3. The Kier molecular flexibility index (Phi) is 8.51. The number of thioether (sulfide) groups is 1. The van der Waals surface area contributed by atoms with Crippen molar-refractivity contribution in [2.45, 2.75) is 27.4 Å². The second-order valence-electron chi connectivity index (χ2n) is 8.98. The van der Waals surface area contributed by atoms with Crippen molar-refractivity contribution in [3.8, 4) is 5.75 Å². The van der Waals surface area contributed by atoms with Crippen molar-refractivity contribution in [1.29, 1.82) is 0 Å². The number of nitrogens with one attached hydrogen (secondary N) is 1. The van der Waals surface area contributed by atoms with E-state index in [0.29, 0.717) is 17.0 Å². The van der Waals surface area contributed by atoms with Gasteiger partial charge in [-0.05, 0) is 85.6 Å². The van der Waals surface area contributed by atoms with Crippen LogP contribution in [0.5, 0.6) is 5.75 Å². The highest BCUT2D eigenvalue weighted by atomic mass is 79.9. The molecule has 0 atom stereocenters. The molecule has 1 aliphatic heterocycles. The third-order valence-electron chi connectivity index (χ3n) is 5.92. The number of rotatable bonds is 8. The van der Waals surface area contributed by atoms with Crippen LogP contribution in [0, 0.1) is 30.9 Å². The van der Waals surface area contributed by atoms with Gasteiger partial charge in [0.1, 0.15) is 18.9 Å². The van der Waals surface area contributed by atoms with Crippen molar-refractivity contribution in [3.05, 3.63) is 102 Å². The molecular formula is C28H24BrN3O6S. The fourth-order valence-electron chi connectivity index (χ4n) is 4.12. The minimum Gasteiger partial charge on any atom is -0.488 e. The van der Waals surface area contributed by atoms with Crippen LogP contribution < -0.4 is 10.1 Å². The Bertz CT molecular complexity index is 1500. The topological polar surface area (TPSA) is 119 Å². The first-order chi connectivity index (χ1) is 18.5. The molecule has 3 amide bonds. The zero-order valence-corrected chi connectivity index (χ0v) is 23.7. The Morgan fingerprint density at radius 1 is 1.08 bits per heavy atom. The lowest BCUT2D eigenvalue weighted by Gasteiger charge is -2.16. The van der Waals surface area contributed by atoms with Crippen LogP contribution in [0.2, 0.25) is 0 Å². The second-order valence-corrected chi connectivity index (χ2v) is 10.9. The summed E-state index contributed by atoms with van der Waals surface area (Å²) in [5.74, 6) is -0.589. The van der Waals surface area contributed by atoms with Crippen LogP contribution in [0.25, 0.3) is 6.08 Å². The maximum Gasteiger partial charge on any atom is 0.294 e. The summed E-state index contributed by atoms with van der Waals surface area (Å²) < 4.78 is 6.66. The van der Waals surface area contributed by atoms with E-state index in [1.54, 1.807) is 36.4 Å². The number of halogens is 1. The minimum absolute atomic E-state index is 0.0170. The molecule has 11 heteroatoms. The number of nitro benzene ring substituents is 1. The Morgan fingerprint density at radius 2 is 1.74 bits per heavy atom. The number of aryl methyl sites for hydroxylation is 3. The van der Waals surface area contributed by atoms with Crippen molar-refractivity contribution >= 4 is 62.2 Å². The largest absolute Gasteiger partial charge is 0.488 e. The molecule has 1 N–H and O–H groups in total. The number of benzene rings is 3. The van der Waals surface area contributed by atoms with Crippen molar-refractivity contribution in [2.24, 2.45) is 0 Å². The van der Waals surface area contributed by atoms with Gasteiger partial charge in [-0.25, -0.2) is 0 Å². The fourth-order valence-corrected chi connectivity index (χ4v) is 5.32. The molecule has 200 valence electrons. The Hall–Kier alpha value is -3.96. The standard InChI is InChI=1S/C28H24BrN3O6S/c1-16-10-17(2)26(18(3)11-16)30-25(33)14-31-27(34)24(39-28(31)35)13-20-12-21(29)6-9-23(20)38-15-19-4-7-22(8-5-19)32(36)37/h4-13H,14-15H2,1-3H3,(H,30,33)/b24-13-. The van der Waals surface area contributed by atoms with Gasteiger partial charge in [-0.2, -0.15) is 0 Å². The molecule has 9 nitrogen and oxygen atoms in total. The number of non-ortho nitro benzene ring substituents is 1. The lowest BCUT2D eigenvalue weighted by molar-refractivity contribution is -0.384. The molecule has 0 aromatic heterocycles. The van der Waals surface area contributed by atoms with Gasteiger partial charge in [0.05, 0.1) is 9.83 Å². The summed E-state index contributed by atoms with van der Waals surface area (Å²) in [4.78, 5) is 49.9. The Balaban J connectivity index is 1.48. The number of hydrogen-bond acceptors (Lipinski definition) is 7. The molecular weight excluding hydrogens is 586 g/mol. The predicted octanol–water partition coefficient (Wildman–Crippen LogP) is 6.54. The van der Waals surface area contributed by atoms with E-state index >= 15 is 0 Å². The quantitative estimate of drug-likeness (QED) is 0.175. The van der Waals surface area contributed by atoms with Crippen molar-refractivity contribution in [3.63, 3.8) is 0 Å². The number of carbonyl (C=O) groups is 3. The summed E-state index contributed by atoms with van der Waals surface area (Å²) in [5.41, 5.74) is 4.78. The lowest BCUT2D eigenvalue weighted by Crippen LogP contribution is -2.36. The first-order valence-corrected chi connectivity index (χ1v) is 13.4. The minimum atomic E-state index is -0.571. The van der Waals surface area contributed by atoms with Gasteiger partial charge in [0.25, 0.3) is 16.8 Å². The van der Waals surface area contributed by atoms with Gasteiger partial charge in [-0.1, -0.05) is 33.6 Å². The van der Waals surface area contributed by atoms with E-state index < -0.39 is 28.5 Å². The molecule has 0 bridgehead atoms. The Labute approximate surface area is 237 Å². The third kappa shape index (κ3) is 6.73. The van der Waals surface area contributed by atoms with E-state index in [0.717, 1.165) is 43.4 Å². The molecule has 1 aliphatic rings. The molecule has 0 aliphatic carbocycles. The van der Waals surface area contributed by atoms with E-state index in [4.69, 9.17) is 4.74 Å². The number of amides is 3. The smallest absolute Gasteiger partial charge is 0.294 e. The van der Waals surface area contributed by atoms with E-state index in [-0.39, 0.29) is 17.2 Å². The van der Waals surface area contributed by atoms with E-state index in [2.05, 4.69) is 21.2 Å². The second kappa shape index (κ2) is 11.8. The zero-order chi connectivity index (χ0) is 28.3. The average molecular weight is 610 g/mol. The summed E-state index contributed by atoms with van der Waals surface area (Å²) in [6.45, 7) is 5.47. The van der Waals surface area contributed by atoms with Gasteiger partial charge in [-0.15, -0.1) is 0 Å².